The molecule has 0 radical (unpaired) electrons. The van der Waals surface area contributed by atoms with Crippen molar-refractivity contribution in [2.24, 2.45) is 0 Å². The number of carbonyl (C=O) groups excluding carboxylic acids is 1. The number of aryl methyl sites for hydroxylation is 1. The summed E-state index contributed by atoms with van der Waals surface area (Å²) in [6.07, 6.45) is 2.86. The summed E-state index contributed by atoms with van der Waals surface area (Å²) >= 11 is 13.7. The lowest BCUT2D eigenvalue weighted by atomic mass is 9.91. The zero-order valence-corrected chi connectivity index (χ0v) is 13.6. The number of nitrogens with zero attached hydrogens (tertiary/aromatic N) is 1. The lowest BCUT2D eigenvalue weighted by molar-refractivity contribution is -0.123. The van der Waals surface area contributed by atoms with Crippen molar-refractivity contribution in [3.8, 4) is 0 Å². The Balaban J connectivity index is 1.70. The lowest BCUT2D eigenvalue weighted by Gasteiger charge is -2.20. The van der Waals surface area contributed by atoms with Crippen molar-refractivity contribution in [2.45, 2.75) is 31.7 Å². The summed E-state index contributed by atoms with van der Waals surface area (Å²) in [4.78, 5) is 17.9. The van der Waals surface area contributed by atoms with Crippen molar-refractivity contribution in [1.82, 2.24) is 10.3 Å². The van der Waals surface area contributed by atoms with Gasteiger partial charge in [-0.25, -0.2) is 4.98 Å². The highest BCUT2D eigenvalue weighted by atomic mass is 35.5. The second-order valence-corrected chi connectivity index (χ2v) is 6.71. The molecule has 3 rings (SSSR count). The third-order valence-electron chi connectivity index (χ3n) is 3.70. The topological polar surface area (TPSA) is 42.0 Å². The van der Waals surface area contributed by atoms with Crippen molar-refractivity contribution < 1.29 is 4.79 Å². The number of hydrogen-bond donors (Lipinski definition) is 1. The average Bonchev–Trinajstić information content (AvgIpc) is 2.96. The molecule has 0 fully saturated rings. The monoisotopic (exact) mass is 340 g/mol. The molecule has 0 saturated heterocycles. The largest absolute Gasteiger partial charge is 0.351 e. The van der Waals surface area contributed by atoms with Crippen LogP contribution in [0.15, 0.2) is 23.7 Å². The van der Waals surface area contributed by atoms with Crippen LogP contribution in [0, 0.1) is 0 Å². The van der Waals surface area contributed by atoms with Crippen LogP contribution in [0.5, 0.6) is 0 Å². The van der Waals surface area contributed by atoms with Crippen LogP contribution in [-0.2, 0) is 17.8 Å². The number of benzene rings is 1. The highest BCUT2D eigenvalue weighted by molar-refractivity contribution is 7.10. The highest BCUT2D eigenvalue weighted by Gasteiger charge is 2.28. The first-order chi connectivity index (χ1) is 10.2. The number of hydrogen-bond acceptors (Lipinski definition) is 3. The molecule has 0 bridgehead atoms. The van der Waals surface area contributed by atoms with Gasteiger partial charge in [0.15, 0.2) is 0 Å². The molecular weight excluding hydrogens is 327 g/mol. The Morgan fingerprint density at radius 3 is 3.14 bits per heavy atom. The minimum atomic E-state index is -0.0841. The van der Waals surface area contributed by atoms with Crippen LogP contribution in [-0.4, -0.2) is 10.9 Å². The maximum atomic E-state index is 12.4. The predicted octanol–water partition coefficient (Wildman–Crippen LogP) is 4.19. The average molecular weight is 341 g/mol. The molecule has 1 N–H and O–H groups in total. The summed E-state index contributed by atoms with van der Waals surface area (Å²) in [6.45, 7) is 0.392. The van der Waals surface area contributed by atoms with E-state index < -0.39 is 0 Å². The molecule has 1 amide bonds. The van der Waals surface area contributed by atoms with Gasteiger partial charge in [-0.1, -0.05) is 35.3 Å². The van der Waals surface area contributed by atoms with E-state index in [0.29, 0.717) is 16.6 Å². The van der Waals surface area contributed by atoms with Crippen molar-refractivity contribution in [2.75, 3.05) is 0 Å². The predicted molar refractivity (Wildman–Crippen MR) is 86.1 cm³/mol. The quantitative estimate of drug-likeness (QED) is 0.910. The summed E-state index contributed by atoms with van der Waals surface area (Å²) in [5.41, 5.74) is 3.73. The molecule has 1 aromatic carbocycles. The molecule has 6 heteroatoms. The Morgan fingerprint density at radius 2 is 2.29 bits per heavy atom. The molecule has 1 heterocycles. The van der Waals surface area contributed by atoms with Crippen LogP contribution in [0.4, 0.5) is 0 Å². The number of thiazole rings is 1. The normalized spacial score (nSPS) is 17.3. The fraction of sp³-hybridized carbons (Fsp3) is 0.333. The van der Waals surface area contributed by atoms with Gasteiger partial charge in [-0.05, 0) is 30.9 Å². The van der Waals surface area contributed by atoms with Crippen LogP contribution in [0.25, 0.3) is 0 Å². The molecule has 0 saturated carbocycles. The third-order valence-corrected chi connectivity index (χ3v) is 5.54. The van der Waals surface area contributed by atoms with Gasteiger partial charge in [0.25, 0.3) is 0 Å². The van der Waals surface area contributed by atoms with Crippen molar-refractivity contribution >= 4 is 40.4 Å². The van der Waals surface area contributed by atoms with E-state index in [1.807, 2.05) is 17.6 Å². The Hall–Kier alpha value is -1.10. The standard InChI is InChI=1S/C15H14Cl2N2OS/c16-11-5-1-3-9(13(11)17)7-18-15(20)10-4-2-6-12-14(10)21-8-19-12/h1,3,5,8,10H,2,4,6-7H2,(H,18,20). The Morgan fingerprint density at radius 1 is 1.43 bits per heavy atom. The Bertz CT molecular complexity index is 671. The number of aromatic nitrogens is 1. The number of amides is 1. The number of rotatable bonds is 3. The zero-order chi connectivity index (χ0) is 14.8. The van der Waals surface area contributed by atoms with Crippen molar-refractivity contribution in [3.63, 3.8) is 0 Å². The van der Waals surface area contributed by atoms with E-state index in [1.54, 1.807) is 17.4 Å². The van der Waals surface area contributed by atoms with Gasteiger partial charge in [-0.2, -0.15) is 0 Å². The summed E-state index contributed by atoms with van der Waals surface area (Å²) in [7, 11) is 0. The molecule has 1 unspecified atom stereocenters. The van der Waals surface area contributed by atoms with Gasteiger partial charge in [0.2, 0.25) is 5.91 Å². The van der Waals surface area contributed by atoms with Gasteiger partial charge in [-0.3, -0.25) is 4.79 Å². The number of carbonyl (C=O) groups is 1. The van der Waals surface area contributed by atoms with E-state index in [4.69, 9.17) is 23.2 Å². The van der Waals surface area contributed by atoms with Gasteiger partial charge >= 0.3 is 0 Å². The maximum absolute atomic E-state index is 12.4. The molecule has 2 aromatic rings. The molecule has 1 aliphatic rings. The van der Waals surface area contributed by atoms with E-state index in [-0.39, 0.29) is 11.8 Å². The van der Waals surface area contributed by atoms with E-state index in [2.05, 4.69) is 10.3 Å². The Kier molecular flexibility index (Phi) is 4.48. The van der Waals surface area contributed by atoms with E-state index in [0.717, 1.165) is 35.4 Å². The number of halogens is 2. The number of fused-ring (bicyclic) bond motifs is 1. The molecule has 1 aromatic heterocycles. The SMILES string of the molecule is O=C(NCc1cccc(Cl)c1Cl)C1CCCc2ncsc21. The first-order valence-corrected chi connectivity index (χ1v) is 8.43. The third kappa shape index (κ3) is 3.07. The molecular formula is C15H14Cl2N2OS. The first kappa shape index (κ1) is 14.8. The number of nitrogens with one attached hydrogen (secondary N) is 1. The molecule has 0 spiro atoms. The summed E-state index contributed by atoms with van der Waals surface area (Å²) in [5, 5.41) is 3.97. The van der Waals surface area contributed by atoms with E-state index in [9.17, 15) is 4.79 Å². The minimum Gasteiger partial charge on any atom is -0.351 e. The van der Waals surface area contributed by atoms with Gasteiger partial charge in [0.1, 0.15) is 0 Å². The fourth-order valence-corrected chi connectivity index (χ4v) is 3.96. The van der Waals surface area contributed by atoms with Crippen molar-refractivity contribution in [3.05, 3.63) is 49.9 Å². The first-order valence-electron chi connectivity index (χ1n) is 6.79. The van der Waals surface area contributed by atoms with Gasteiger partial charge in [-0.15, -0.1) is 11.3 Å². The van der Waals surface area contributed by atoms with Crippen LogP contribution >= 0.6 is 34.5 Å². The van der Waals surface area contributed by atoms with Gasteiger partial charge in [0.05, 0.1) is 27.2 Å². The van der Waals surface area contributed by atoms with E-state index >= 15 is 0 Å². The minimum absolute atomic E-state index is 0.0382. The van der Waals surface area contributed by atoms with Crippen LogP contribution in [0.3, 0.4) is 0 Å². The maximum Gasteiger partial charge on any atom is 0.228 e. The molecule has 1 atom stereocenters. The summed E-state index contributed by atoms with van der Waals surface area (Å²) < 4.78 is 0. The van der Waals surface area contributed by atoms with Crippen LogP contribution in [0.2, 0.25) is 10.0 Å². The second kappa shape index (κ2) is 6.34. The Labute approximate surface area is 137 Å². The molecule has 1 aliphatic carbocycles. The fourth-order valence-electron chi connectivity index (χ4n) is 2.59. The molecule has 3 nitrogen and oxygen atoms in total. The zero-order valence-electron chi connectivity index (χ0n) is 11.2. The molecule has 110 valence electrons. The lowest BCUT2D eigenvalue weighted by Crippen LogP contribution is -2.30. The molecule has 21 heavy (non-hydrogen) atoms. The summed E-state index contributed by atoms with van der Waals surface area (Å²) in [5.74, 6) is -0.0459. The van der Waals surface area contributed by atoms with Crippen LogP contribution < -0.4 is 5.32 Å². The van der Waals surface area contributed by atoms with Crippen molar-refractivity contribution in [1.29, 1.82) is 0 Å². The highest BCUT2D eigenvalue weighted by Crippen LogP contribution is 2.34. The van der Waals surface area contributed by atoms with Crippen LogP contribution in [0.1, 0.15) is 34.9 Å². The van der Waals surface area contributed by atoms with E-state index in [1.165, 1.54) is 0 Å². The van der Waals surface area contributed by atoms with Gasteiger partial charge < -0.3 is 5.32 Å². The second-order valence-electron chi connectivity index (χ2n) is 5.04. The molecule has 0 aliphatic heterocycles. The summed E-state index contributed by atoms with van der Waals surface area (Å²) in [6, 6.07) is 5.44. The van der Waals surface area contributed by atoms with Gasteiger partial charge in [0, 0.05) is 11.4 Å². The smallest absolute Gasteiger partial charge is 0.228 e.